The zero-order valence-electron chi connectivity index (χ0n) is 12.1. The molecule has 0 saturated heterocycles. The van der Waals surface area contributed by atoms with Gasteiger partial charge in [0.15, 0.2) is 5.12 Å². The smallest absolute Gasteiger partial charge is 0.153 e. The van der Waals surface area contributed by atoms with Gasteiger partial charge < -0.3 is 0 Å². The molecule has 98 valence electrons. The van der Waals surface area contributed by atoms with E-state index in [4.69, 9.17) is 11.6 Å². The Morgan fingerprint density at radius 1 is 0.875 bits per heavy atom. The third-order valence-corrected chi connectivity index (χ3v) is 5.38. The second-order valence-corrected chi connectivity index (χ2v) is 8.21. The largest absolute Gasteiger partial charge is 0.273 e. The summed E-state index contributed by atoms with van der Waals surface area (Å²) in [6.07, 6.45) is 0. The highest BCUT2D eigenvalue weighted by Crippen LogP contribution is 2.45. The Labute approximate surface area is 110 Å². The molecule has 0 aromatic heterocycles. The molecule has 0 radical (unpaired) electrons. The quantitative estimate of drug-likeness (QED) is 0.301. The third-order valence-electron chi connectivity index (χ3n) is 3.32. The zero-order valence-corrected chi connectivity index (χ0v) is 14.9. The molecule has 0 N–H and O–H groups in total. The summed E-state index contributed by atoms with van der Waals surface area (Å²) in [6.45, 7) is 17.3. The second kappa shape index (κ2) is 6.38. The fourth-order valence-corrected chi connectivity index (χ4v) is 3.54. The van der Waals surface area contributed by atoms with E-state index in [1.807, 2.05) is 0 Å². The van der Waals surface area contributed by atoms with Crippen LogP contribution in [0.15, 0.2) is 0 Å². The van der Waals surface area contributed by atoms with Crippen LogP contribution < -0.4 is 0 Å². The van der Waals surface area contributed by atoms with E-state index in [-0.39, 0.29) is 10.2 Å². The summed E-state index contributed by atoms with van der Waals surface area (Å²) in [6, 6.07) is 0. The van der Waals surface area contributed by atoms with Crippen LogP contribution >= 0.6 is 11.6 Å². The first kappa shape index (κ1) is 16.4. The van der Waals surface area contributed by atoms with Gasteiger partial charge in [-0.05, 0) is 31.2 Å². The third kappa shape index (κ3) is 3.00. The number of alkyl halides is 1. The summed E-state index contributed by atoms with van der Waals surface area (Å²) < 4.78 is 0. The molecule has 0 aliphatic heterocycles. The molecule has 0 bridgehead atoms. The van der Waals surface area contributed by atoms with Gasteiger partial charge in [-0.2, -0.15) is 0 Å². The van der Waals surface area contributed by atoms with Crippen molar-refractivity contribution in [1.82, 2.24) is 9.80 Å². The van der Waals surface area contributed by atoms with Crippen LogP contribution in [0.3, 0.4) is 0 Å². The molecule has 2 nitrogen and oxygen atoms in total. The number of rotatable bonds is 7. The predicted molar refractivity (Wildman–Crippen MR) is 78.4 cm³/mol. The van der Waals surface area contributed by atoms with E-state index in [1.165, 1.54) is 0 Å². The van der Waals surface area contributed by atoms with Crippen LogP contribution in [-0.4, -0.2) is 51.3 Å². The molecule has 0 rings (SSSR count). The lowest BCUT2D eigenvalue weighted by Gasteiger charge is -2.53. The van der Waals surface area contributed by atoms with Gasteiger partial charge in [0.25, 0.3) is 0 Å². The van der Waals surface area contributed by atoms with Crippen LogP contribution in [0, 0.1) is 0 Å². The molecule has 0 amide bonds. The maximum absolute atomic E-state index is 7.03. The van der Waals surface area contributed by atoms with Crippen LogP contribution in [-0.2, 0) is 0 Å². The van der Waals surface area contributed by atoms with Crippen LogP contribution in [0.25, 0.3) is 0 Å². The van der Waals surface area contributed by atoms with Gasteiger partial charge in [0.05, 0.1) is 0 Å². The average Bonchev–Trinajstić information content (AvgIpc) is 2.19. The van der Waals surface area contributed by atoms with E-state index in [9.17, 15) is 0 Å². The summed E-state index contributed by atoms with van der Waals surface area (Å²) in [5.74, 6) is 0. The minimum Gasteiger partial charge on any atom is -0.273 e. The highest BCUT2D eigenvalue weighted by atomic mass is 35.5. The average molecular weight is 265 g/mol. The van der Waals surface area contributed by atoms with E-state index in [1.54, 1.807) is 0 Å². The molecular weight excluding hydrogens is 236 g/mol. The molecule has 0 heterocycles. The molecule has 0 atom stereocenters. The first-order valence-corrected chi connectivity index (χ1v) is 7.86. The molecule has 0 fully saturated rings. The maximum atomic E-state index is 7.03. The highest BCUT2D eigenvalue weighted by Gasteiger charge is 2.47. The van der Waals surface area contributed by atoms with Crippen molar-refractivity contribution < 1.29 is 0 Å². The Balaban J connectivity index is 5.33. The van der Waals surface area contributed by atoms with Crippen molar-refractivity contribution >= 4 is 21.8 Å². The van der Waals surface area contributed by atoms with Gasteiger partial charge in [-0.15, -0.1) is 0 Å². The van der Waals surface area contributed by atoms with Gasteiger partial charge in [0.2, 0.25) is 0 Å². The van der Waals surface area contributed by atoms with Gasteiger partial charge in [-0.1, -0.05) is 53.1 Å². The van der Waals surface area contributed by atoms with Crippen molar-refractivity contribution in [3.8, 4) is 0 Å². The van der Waals surface area contributed by atoms with Gasteiger partial charge in [-0.25, -0.2) is 0 Å². The van der Waals surface area contributed by atoms with Crippen LogP contribution in [0.2, 0.25) is 5.04 Å². The Morgan fingerprint density at radius 2 is 1.12 bits per heavy atom. The van der Waals surface area contributed by atoms with Gasteiger partial charge in [-0.3, -0.25) is 9.80 Å². The lowest BCUT2D eigenvalue weighted by molar-refractivity contribution is -0.00858. The minimum atomic E-state index is -0.327. The van der Waals surface area contributed by atoms with E-state index in [0.29, 0.717) is 0 Å². The van der Waals surface area contributed by atoms with Gasteiger partial charge in [0, 0.05) is 10.2 Å². The van der Waals surface area contributed by atoms with Crippen LogP contribution in [0.4, 0.5) is 0 Å². The molecule has 0 aliphatic carbocycles. The van der Waals surface area contributed by atoms with E-state index >= 15 is 0 Å². The number of halogens is 1. The van der Waals surface area contributed by atoms with Crippen molar-refractivity contribution in [1.29, 1.82) is 0 Å². The monoisotopic (exact) mass is 264 g/mol. The fraction of sp³-hybridized carbons (Fsp3) is 1.00. The fourth-order valence-electron chi connectivity index (χ4n) is 2.43. The Morgan fingerprint density at radius 3 is 1.25 bits per heavy atom. The number of nitrogens with zero attached hydrogens (tertiary/aromatic N) is 2. The number of hydrogen-bond donors (Lipinski definition) is 0. The minimum absolute atomic E-state index is 0.159. The molecule has 0 aromatic rings. The molecule has 0 aliphatic rings. The van der Waals surface area contributed by atoms with Gasteiger partial charge in [0.1, 0.15) is 0 Å². The lowest BCUT2D eigenvalue weighted by atomic mass is 10.1. The van der Waals surface area contributed by atoms with Gasteiger partial charge >= 0.3 is 0 Å². The molecule has 16 heavy (non-hydrogen) atoms. The number of hydrogen-bond acceptors (Lipinski definition) is 2. The lowest BCUT2D eigenvalue weighted by Crippen LogP contribution is -2.62. The van der Waals surface area contributed by atoms with E-state index < -0.39 is 0 Å². The first-order chi connectivity index (χ1) is 7.29. The summed E-state index contributed by atoms with van der Waals surface area (Å²) in [4.78, 5) is 4.77. The predicted octanol–water partition coefficient (Wildman–Crippen LogP) is 2.13. The molecule has 0 aromatic carbocycles. The van der Waals surface area contributed by atoms with Crippen molar-refractivity contribution in [2.45, 2.75) is 51.7 Å². The van der Waals surface area contributed by atoms with Crippen molar-refractivity contribution in [3.63, 3.8) is 0 Å². The Bertz CT molecular complexity index is 184. The van der Waals surface area contributed by atoms with Crippen molar-refractivity contribution in [3.05, 3.63) is 0 Å². The zero-order chi connectivity index (χ0) is 13.0. The topological polar surface area (TPSA) is 6.48 Å². The molecule has 0 unspecified atom stereocenters. The molecule has 4 heteroatoms. The summed E-state index contributed by atoms with van der Waals surface area (Å²) >= 11 is 7.03. The highest BCUT2D eigenvalue weighted by molar-refractivity contribution is 6.30. The Kier molecular flexibility index (Phi) is 6.55. The molecule has 0 saturated carbocycles. The summed E-state index contributed by atoms with van der Waals surface area (Å²) in [5.41, 5.74) is 0. The van der Waals surface area contributed by atoms with Crippen LogP contribution in [0.5, 0.6) is 0 Å². The van der Waals surface area contributed by atoms with E-state index in [0.717, 1.165) is 36.4 Å². The van der Waals surface area contributed by atoms with E-state index in [2.05, 4.69) is 51.3 Å². The normalized spacial score (nSPS) is 14.1. The first-order valence-electron chi connectivity index (χ1n) is 6.48. The van der Waals surface area contributed by atoms with Crippen molar-refractivity contribution in [2.24, 2.45) is 0 Å². The van der Waals surface area contributed by atoms with Crippen molar-refractivity contribution in [2.75, 3.05) is 26.2 Å². The maximum Gasteiger partial charge on any atom is 0.153 e. The second-order valence-electron chi connectivity index (χ2n) is 5.18. The molecule has 0 spiro atoms. The molecular formula is C12H29ClN2Si. The SMILES string of the molecule is CCN(CC)C(Cl)(N(CC)CC)C(C)(C)[SiH3]. The van der Waals surface area contributed by atoms with Crippen LogP contribution in [0.1, 0.15) is 41.5 Å². The Hall–Kier alpha value is 0.427. The summed E-state index contributed by atoms with van der Waals surface area (Å²) in [7, 11) is 1.08. The standard InChI is InChI=1S/C12H29ClN2Si/c1-7-14(8-2)12(13,11(5,6)16)15(9-3)10-4/h7-10H2,1-6,16H3. The summed E-state index contributed by atoms with van der Waals surface area (Å²) in [5, 5.41) is -0.168.